The quantitative estimate of drug-likeness (QED) is 0.0384. The Bertz CT molecular complexity index is 1110. The summed E-state index contributed by atoms with van der Waals surface area (Å²) in [6.07, 6.45) is 41.8. The van der Waals surface area contributed by atoms with Crippen LogP contribution in [0.2, 0.25) is 0 Å². The third kappa shape index (κ3) is 34.4. The van der Waals surface area contributed by atoms with Crippen molar-refractivity contribution in [2.75, 3.05) is 39.5 Å². The second kappa shape index (κ2) is 41.8. The minimum absolute atomic E-state index is 0.0799. The first-order valence-corrected chi connectivity index (χ1v) is 24.3. The number of unbranched alkanes of at least 4 members (excludes halogenated alkanes) is 22. The molecule has 338 valence electrons. The fraction of sp³-hybridized carbons (Fsp3) is 0.745. The molecule has 0 aromatic heterocycles. The number of nitrogens with zero attached hydrogens (tertiary/aromatic N) is 1. The number of nitrogens with one attached hydrogen (secondary N) is 1. The zero-order valence-electron chi connectivity index (χ0n) is 38.0. The first-order chi connectivity index (χ1) is 29.0. The topological polar surface area (TPSA) is 105 Å². The van der Waals surface area contributed by atoms with Crippen LogP contribution in [-0.4, -0.2) is 73.3 Å². The van der Waals surface area contributed by atoms with Crippen molar-refractivity contribution in [3.05, 3.63) is 60.2 Å². The molecule has 0 saturated carbocycles. The summed E-state index contributed by atoms with van der Waals surface area (Å²) in [6, 6.07) is 9.17. The number of carbonyl (C=O) groups is 3. The Balaban J connectivity index is 2.39. The van der Waals surface area contributed by atoms with Crippen molar-refractivity contribution in [1.82, 2.24) is 10.2 Å². The molecule has 0 heterocycles. The molecule has 1 aromatic carbocycles. The smallest absolute Gasteiger partial charge is 0.305 e. The Labute approximate surface area is 361 Å². The van der Waals surface area contributed by atoms with Gasteiger partial charge in [0.2, 0.25) is 5.91 Å². The summed E-state index contributed by atoms with van der Waals surface area (Å²) < 4.78 is 11.1. The number of aliphatic hydroxyl groups is 1. The highest BCUT2D eigenvalue weighted by Gasteiger charge is 2.25. The van der Waals surface area contributed by atoms with Gasteiger partial charge in [0.1, 0.15) is 13.2 Å². The lowest BCUT2D eigenvalue weighted by molar-refractivity contribution is -0.148. The summed E-state index contributed by atoms with van der Waals surface area (Å²) in [4.78, 5) is 40.6. The van der Waals surface area contributed by atoms with E-state index in [-0.39, 0.29) is 57.3 Å². The van der Waals surface area contributed by atoms with Gasteiger partial charge in [0.05, 0.1) is 25.7 Å². The Morgan fingerprint density at radius 2 is 0.966 bits per heavy atom. The molecule has 0 aliphatic heterocycles. The van der Waals surface area contributed by atoms with E-state index in [1.165, 1.54) is 116 Å². The van der Waals surface area contributed by atoms with Gasteiger partial charge in [-0.1, -0.05) is 171 Å². The van der Waals surface area contributed by atoms with Gasteiger partial charge in [-0.05, 0) is 76.2 Å². The zero-order valence-corrected chi connectivity index (χ0v) is 38.0. The highest BCUT2D eigenvalue weighted by molar-refractivity contribution is 5.82. The first-order valence-electron chi connectivity index (χ1n) is 24.3. The van der Waals surface area contributed by atoms with Crippen LogP contribution in [0.4, 0.5) is 0 Å². The van der Waals surface area contributed by atoms with Crippen molar-refractivity contribution in [3.8, 4) is 0 Å². The molecule has 2 N–H and O–H groups in total. The van der Waals surface area contributed by atoms with Gasteiger partial charge in [0.25, 0.3) is 0 Å². The Hall–Kier alpha value is -2.97. The number of allylic oxidation sites excluding steroid dienone is 4. The van der Waals surface area contributed by atoms with E-state index in [2.05, 4.69) is 43.5 Å². The molecule has 0 fully saturated rings. The molecule has 59 heavy (non-hydrogen) atoms. The molecule has 0 saturated heterocycles. The molecule has 1 unspecified atom stereocenters. The summed E-state index contributed by atoms with van der Waals surface area (Å²) in [5, 5.41) is 12.7. The number of hydrogen-bond donors (Lipinski definition) is 2. The lowest BCUT2D eigenvalue weighted by Gasteiger charge is -2.28. The van der Waals surface area contributed by atoms with Crippen LogP contribution in [0.15, 0.2) is 54.6 Å². The lowest BCUT2D eigenvalue weighted by atomic mass is 10.0. The Kier molecular flexibility index (Phi) is 38.2. The number of rotatable bonds is 42. The Morgan fingerprint density at radius 3 is 1.37 bits per heavy atom. The van der Waals surface area contributed by atoms with Crippen molar-refractivity contribution in [3.63, 3.8) is 0 Å². The standard InChI is InChI=1S/C51H88N2O6/c1-3-5-7-9-11-13-15-17-19-21-23-25-27-29-34-38-49(55)58-44-41-53(51(57)48(52-40-43-54)46-47-36-32-31-33-37-47)42-45-59-50(56)39-35-30-28-26-24-22-20-18-16-14-12-10-8-6-4-2/h17-20,31-33,36-37,48,52,54H,3-16,21-30,34-35,38-46H2,1-2H3/b19-17-,20-18-. The Morgan fingerprint density at radius 1 is 0.576 bits per heavy atom. The number of hydrogen-bond acceptors (Lipinski definition) is 7. The maximum atomic E-state index is 13.9. The SMILES string of the molecule is CCCCCCCC/C=C\CCCCCCCC(=O)OCCN(CCOC(=O)CCCCCCC/C=C\CCCCCCCC)C(=O)C(Cc1ccccc1)NCCO. The maximum Gasteiger partial charge on any atom is 0.305 e. The van der Waals surface area contributed by atoms with Crippen molar-refractivity contribution in [2.24, 2.45) is 0 Å². The second-order valence-electron chi connectivity index (χ2n) is 16.4. The summed E-state index contributed by atoms with van der Waals surface area (Å²) in [5.41, 5.74) is 0.994. The fourth-order valence-corrected chi connectivity index (χ4v) is 7.25. The average Bonchev–Trinajstić information content (AvgIpc) is 3.24. The van der Waals surface area contributed by atoms with E-state index in [9.17, 15) is 19.5 Å². The molecular weight excluding hydrogens is 737 g/mol. The van der Waals surface area contributed by atoms with E-state index in [0.29, 0.717) is 19.3 Å². The van der Waals surface area contributed by atoms with Crippen LogP contribution in [0.25, 0.3) is 0 Å². The van der Waals surface area contributed by atoms with E-state index in [1.54, 1.807) is 4.90 Å². The fourth-order valence-electron chi connectivity index (χ4n) is 7.25. The van der Waals surface area contributed by atoms with Gasteiger partial charge in [-0.3, -0.25) is 14.4 Å². The third-order valence-electron chi connectivity index (χ3n) is 10.9. The van der Waals surface area contributed by atoms with Crippen molar-refractivity contribution >= 4 is 17.8 Å². The van der Waals surface area contributed by atoms with Crippen LogP contribution >= 0.6 is 0 Å². The number of aliphatic hydroxyl groups excluding tert-OH is 1. The summed E-state index contributed by atoms with van der Waals surface area (Å²) >= 11 is 0. The highest BCUT2D eigenvalue weighted by Crippen LogP contribution is 2.13. The van der Waals surface area contributed by atoms with Gasteiger partial charge in [-0.25, -0.2) is 0 Å². The molecule has 0 radical (unpaired) electrons. The molecule has 1 amide bonds. The molecule has 0 aliphatic rings. The number of amides is 1. The molecule has 0 bridgehead atoms. The van der Waals surface area contributed by atoms with Gasteiger partial charge < -0.3 is 24.8 Å². The van der Waals surface area contributed by atoms with Crippen molar-refractivity contribution < 1.29 is 29.0 Å². The minimum Gasteiger partial charge on any atom is -0.464 e. The first kappa shape index (κ1) is 54.0. The normalized spacial score (nSPS) is 12.1. The number of benzene rings is 1. The van der Waals surface area contributed by atoms with Crippen LogP contribution in [0.1, 0.15) is 199 Å². The van der Waals surface area contributed by atoms with Gasteiger partial charge >= 0.3 is 11.9 Å². The predicted molar refractivity (Wildman–Crippen MR) is 246 cm³/mol. The largest absolute Gasteiger partial charge is 0.464 e. The molecule has 0 spiro atoms. The van der Waals surface area contributed by atoms with Gasteiger partial charge in [0.15, 0.2) is 0 Å². The van der Waals surface area contributed by atoms with E-state index in [4.69, 9.17) is 9.47 Å². The molecule has 8 nitrogen and oxygen atoms in total. The van der Waals surface area contributed by atoms with E-state index in [1.807, 2.05) is 30.3 Å². The summed E-state index contributed by atoms with van der Waals surface area (Å²) in [7, 11) is 0. The third-order valence-corrected chi connectivity index (χ3v) is 10.9. The monoisotopic (exact) mass is 825 g/mol. The number of ether oxygens (including phenoxy) is 2. The van der Waals surface area contributed by atoms with E-state index in [0.717, 1.165) is 56.9 Å². The van der Waals surface area contributed by atoms with Gasteiger partial charge in [0, 0.05) is 19.4 Å². The average molecular weight is 825 g/mol. The van der Waals surface area contributed by atoms with Gasteiger partial charge in [-0.15, -0.1) is 0 Å². The molecule has 1 rings (SSSR count). The maximum absolute atomic E-state index is 13.9. The molecule has 1 atom stereocenters. The van der Waals surface area contributed by atoms with E-state index >= 15 is 0 Å². The molecule has 8 heteroatoms. The van der Waals surface area contributed by atoms with Crippen LogP contribution in [0, 0.1) is 0 Å². The summed E-state index contributed by atoms with van der Waals surface area (Å²) in [5.74, 6) is -0.676. The number of carbonyl (C=O) groups excluding carboxylic acids is 3. The molecular formula is C51H88N2O6. The van der Waals surface area contributed by atoms with Crippen molar-refractivity contribution in [2.45, 2.75) is 206 Å². The molecule has 0 aliphatic carbocycles. The van der Waals surface area contributed by atoms with E-state index < -0.39 is 6.04 Å². The number of esters is 2. The summed E-state index contributed by atoms with van der Waals surface area (Å²) in [6.45, 7) is 5.26. The van der Waals surface area contributed by atoms with Crippen molar-refractivity contribution in [1.29, 1.82) is 0 Å². The van der Waals surface area contributed by atoms with Crippen LogP contribution in [0.5, 0.6) is 0 Å². The van der Waals surface area contributed by atoms with Crippen LogP contribution in [0.3, 0.4) is 0 Å². The molecule has 1 aromatic rings. The second-order valence-corrected chi connectivity index (χ2v) is 16.4. The zero-order chi connectivity index (χ0) is 42.7. The predicted octanol–water partition coefficient (Wildman–Crippen LogP) is 12.2. The van der Waals surface area contributed by atoms with Crippen LogP contribution < -0.4 is 5.32 Å². The highest BCUT2D eigenvalue weighted by atomic mass is 16.5. The van der Waals surface area contributed by atoms with Crippen LogP contribution in [-0.2, 0) is 30.3 Å². The minimum atomic E-state index is -0.581. The lowest BCUT2D eigenvalue weighted by Crippen LogP contribution is -2.50. The van der Waals surface area contributed by atoms with Gasteiger partial charge in [-0.2, -0.15) is 0 Å².